The summed E-state index contributed by atoms with van der Waals surface area (Å²) in [6, 6.07) is 1.90. The fourth-order valence-corrected chi connectivity index (χ4v) is 0.595. The normalized spacial score (nSPS) is 7.07. The van der Waals surface area contributed by atoms with Crippen LogP contribution in [0.25, 0.3) is 5.70 Å². The highest BCUT2D eigenvalue weighted by Crippen LogP contribution is 2.09. The summed E-state index contributed by atoms with van der Waals surface area (Å²) >= 11 is 0. The summed E-state index contributed by atoms with van der Waals surface area (Å²) in [4.78, 5) is 6.56. The average Bonchev–Trinajstić information content (AvgIpc) is 2.74. The second-order valence-electron chi connectivity index (χ2n) is 2.11. The van der Waals surface area contributed by atoms with E-state index in [2.05, 4.69) is 29.9 Å². The molecular formula is C12H20N2. The molecule has 0 saturated heterocycles. The van der Waals surface area contributed by atoms with Gasteiger partial charge in [-0.25, -0.2) is 0 Å². The van der Waals surface area contributed by atoms with E-state index in [0.29, 0.717) is 5.70 Å². The van der Waals surface area contributed by atoms with Gasteiger partial charge in [0.25, 0.3) is 0 Å². The predicted octanol–water partition coefficient (Wildman–Crippen LogP) is 3.90. The number of nitrogens with one attached hydrogen (secondary N) is 1. The molecule has 0 aliphatic heterocycles. The molecule has 1 heterocycles. The molecule has 0 aliphatic rings. The molecule has 1 rings (SSSR count). The molecule has 0 bridgehead atoms. The topological polar surface area (TPSA) is 28.1 Å². The summed E-state index contributed by atoms with van der Waals surface area (Å²) in [5, 5.41) is 0. The first-order chi connectivity index (χ1) is 6.76. The fraction of sp³-hybridized carbons (Fsp3) is 0.250. The number of aliphatic imine (C=N–C) groups is 1. The van der Waals surface area contributed by atoms with Crippen molar-refractivity contribution in [2.75, 3.05) is 0 Å². The number of hydrogen-bond acceptors (Lipinski definition) is 1. The number of H-pyrrole nitrogens is 1. The summed E-state index contributed by atoms with van der Waals surface area (Å²) in [5.41, 5.74) is 1.70. The smallest absolute Gasteiger partial charge is 0.0638 e. The lowest BCUT2D eigenvalue weighted by Gasteiger charge is -1.88. The molecule has 2 heteroatoms. The average molecular weight is 192 g/mol. The van der Waals surface area contributed by atoms with Crippen molar-refractivity contribution in [2.24, 2.45) is 4.99 Å². The third kappa shape index (κ3) is 7.10. The Labute approximate surface area is 87.1 Å². The second kappa shape index (κ2) is 11.4. The standard InChI is InChI=1S/C7H8N2.C3H6.C2H6/c1-6(8-2)7-3-4-9-5-7;1-3-2;1-2/h3-5,9H,1-2H2;3H,1H2,2H3;1-2H3. The first kappa shape index (κ1) is 14.9. The van der Waals surface area contributed by atoms with Gasteiger partial charge in [0.15, 0.2) is 0 Å². The predicted molar refractivity (Wildman–Crippen MR) is 66.6 cm³/mol. The molecule has 0 radical (unpaired) electrons. The van der Waals surface area contributed by atoms with Crippen molar-refractivity contribution in [3.05, 3.63) is 43.3 Å². The van der Waals surface area contributed by atoms with E-state index in [1.165, 1.54) is 0 Å². The van der Waals surface area contributed by atoms with Gasteiger partial charge in [-0.2, -0.15) is 0 Å². The maximum atomic E-state index is 3.67. The van der Waals surface area contributed by atoms with E-state index in [1.807, 2.05) is 39.2 Å². The summed E-state index contributed by atoms with van der Waals surface area (Å²) in [7, 11) is 0. The lowest BCUT2D eigenvalue weighted by Crippen LogP contribution is -1.69. The minimum Gasteiger partial charge on any atom is -0.367 e. The summed E-state index contributed by atoms with van der Waals surface area (Å²) in [5.74, 6) is 0. The zero-order valence-electron chi connectivity index (χ0n) is 9.38. The van der Waals surface area contributed by atoms with Crippen LogP contribution in [-0.4, -0.2) is 11.7 Å². The van der Waals surface area contributed by atoms with Gasteiger partial charge in [-0.1, -0.05) is 26.5 Å². The van der Waals surface area contributed by atoms with Crippen molar-refractivity contribution in [1.82, 2.24) is 4.98 Å². The Balaban J connectivity index is 0. The SMILES string of the molecule is C=CC.C=NC(=C)c1cc[nH]c1.CC. The molecule has 0 saturated carbocycles. The van der Waals surface area contributed by atoms with E-state index in [0.717, 1.165) is 5.56 Å². The van der Waals surface area contributed by atoms with E-state index < -0.39 is 0 Å². The largest absolute Gasteiger partial charge is 0.367 e. The molecule has 78 valence electrons. The minimum absolute atomic E-state index is 0.705. The lowest BCUT2D eigenvalue weighted by atomic mass is 10.3. The Morgan fingerprint density at radius 1 is 1.50 bits per heavy atom. The minimum atomic E-state index is 0.705. The Morgan fingerprint density at radius 3 is 2.29 bits per heavy atom. The van der Waals surface area contributed by atoms with Crippen LogP contribution >= 0.6 is 0 Å². The Bertz CT molecular complexity index is 245. The van der Waals surface area contributed by atoms with Gasteiger partial charge in [0.2, 0.25) is 0 Å². The van der Waals surface area contributed by atoms with E-state index in [-0.39, 0.29) is 0 Å². The number of hydrogen-bond donors (Lipinski definition) is 1. The van der Waals surface area contributed by atoms with Crippen molar-refractivity contribution in [2.45, 2.75) is 20.8 Å². The zero-order valence-corrected chi connectivity index (χ0v) is 9.38. The van der Waals surface area contributed by atoms with E-state index >= 15 is 0 Å². The van der Waals surface area contributed by atoms with Crippen molar-refractivity contribution in [1.29, 1.82) is 0 Å². The maximum Gasteiger partial charge on any atom is 0.0638 e. The summed E-state index contributed by atoms with van der Waals surface area (Å²) < 4.78 is 0. The summed E-state index contributed by atoms with van der Waals surface area (Å²) in [6.07, 6.45) is 5.41. The van der Waals surface area contributed by atoms with E-state index in [9.17, 15) is 0 Å². The highest BCUT2D eigenvalue weighted by molar-refractivity contribution is 5.65. The molecule has 0 spiro atoms. The van der Waals surface area contributed by atoms with Crippen LogP contribution in [0, 0.1) is 0 Å². The van der Waals surface area contributed by atoms with Gasteiger partial charge in [-0.3, -0.25) is 4.99 Å². The molecule has 1 N–H and O–H groups in total. The van der Waals surface area contributed by atoms with Gasteiger partial charge in [0.05, 0.1) is 5.70 Å². The van der Waals surface area contributed by atoms with Gasteiger partial charge >= 0.3 is 0 Å². The quantitative estimate of drug-likeness (QED) is 0.543. The number of nitrogens with zero attached hydrogens (tertiary/aromatic N) is 1. The molecule has 0 aliphatic carbocycles. The van der Waals surface area contributed by atoms with Crippen LogP contribution in [0.15, 0.2) is 42.7 Å². The van der Waals surface area contributed by atoms with Gasteiger partial charge in [0, 0.05) is 18.0 Å². The Hall–Kier alpha value is -1.57. The zero-order chi connectivity index (χ0) is 11.4. The van der Waals surface area contributed by atoms with Gasteiger partial charge in [-0.15, -0.1) is 6.58 Å². The highest BCUT2D eigenvalue weighted by Gasteiger charge is 1.91. The van der Waals surface area contributed by atoms with Crippen molar-refractivity contribution in [3.8, 4) is 0 Å². The van der Waals surface area contributed by atoms with E-state index in [4.69, 9.17) is 0 Å². The second-order valence-corrected chi connectivity index (χ2v) is 2.11. The third-order valence-corrected chi connectivity index (χ3v) is 1.12. The first-order valence-corrected chi connectivity index (χ1v) is 4.62. The molecule has 0 atom stereocenters. The monoisotopic (exact) mass is 192 g/mol. The molecule has 0 unspecified atom stereocenters. The molecule has 1 aromatic heterocycles. The van der Waals surface area contributed by atoms with Crippen LogP contribution in [0.5, 0.6) is 0 Å². The molecule has 2 nitrogen and oxygen atoms in total. The molecule has 0 fully saturated rings. The Kier molecular flexibility index (Phi) is 12.2. The number of rotatable bonds is 2. The summed E-state index contributed by atoms with van der Waals surface area (Å²) in [6.45, 7) is 16.3. The Morgan fingerprint density at radius 2 is 2.00 bits per heavy atom. The van der Waals surface area contributed by atoms with Gasteiger partial charge in [-0.05, 0) is 19.7 Å². The van der Waals surface area contributed by atoms with Crippen LogP contribution in [0.3, 0.4) is 0 Å². The fourth-order valence-electron chi connectivity index (χ4n) is 0.595. The van der Waals surface area contributed by atoms with Crippen molar-refractivity contribution in [3.63, 3.8) is 0 Å². The molecular weight excluding hydrogens is 172 g/mol. The van der Waals surface area contributed by atoms with Crippen molar-refractivity contribution >= 4 is 12.4 Å². The number of aromatic nitrogens is 1. The third-order valence-electron chi connectivity index (χ3n) is 1.12. The molecule has 1 aromatic rings. The van der Waals surface area contributed by atoms with Gasteiger partial charge in [0.1, 0.15) is 0 Å². The number of aromatic amines is 1. The maximum absolute atomic E-state index is 3.67. The van der Waals surface area contributed by atoms with Crippen LogP contribution in [-0.2, 0) is 0 Å². The van der Waals surface area contributed by atoms with Gasteiger partial charge < -0.3 is 4.98 Å². The molecule has 0 aromatic carbocycles. The first-order valence-electron chi connectivity index (χ1n) is 4.62. The molecule has 0 amide bonds. The van der Waals surface area contributed by atoms with Crippen LogP contribution in [0.2, 0.25) is 0 Å². The molecule has 14 heavy (non-hydrogen) atoms. The van der Waals surface area contributed by atoms with Crippen LogP contribution < -0.4 is 0 Å². The number of allylic oxidation sites excluding steroid dienone is 1. The highest BCUT2D eigenvalue weighted by atomic mass is 14.7. The van der Waals surface area contributed by atoms with E-state index in [1.54, 1.807) is 6.08 Å². The van der Waals surface area contributed by atoms with Crippen LogP contribution in [0.1, 0.15) is 26.3 Å². The van der Waals surface area contributed by atoms with Crippen LogP contribution in [0.4, 0.5) is 0 Å². The lowest BCUT2D eigenvalue weighted by molar-refractivity contribution is 1.40. The van der Waals surface area contributed by atoms with Crippen molar-refractivity contribution < 1.29 is 0 Å².